The lowest BCUT2D eigenvalue weighted by Crippen LogP contribution is -2.31. The molecule has 3 heterocycles. The maximum Gasteiger partial charge on any atom is 0.159 e. The molecule has 3 N–H and O–H groups in total. The van der Waals surface area contributed by atoms with E-state index in [1.165, 1.54) is 19.3 Å². The summed E-state index contributed by atoms with van der Waals surface area (Å²) in [7, 11) is 0. The van der Waals surface area contributed by atoms with Crippen LogP contribution in [0.25, 0.3) is 10.9 Å². The number of rotatable bonds is 3. The molecule has 1 aliphatic rings. The van der Waals surface area contributed by atoms with Crippen molar-refractivity contribution in [3.8, 4) is 0 Å². The topological polar surface area (TPSA) is 80.0 Å². The molecule has 1 aromatic carbocycles. The van der Waals surface area contributed by atoms with Gasteiger partial charge in [-0.05, 0) is 43.5 Å². The molecule has 3 aromatic rings. The van der Waals surface area contributed by atoms with E-state index in [1.54, 1.807) is 12.5 Å². The lowest BCUT2D eigenvalue weighted by molar-refractivity contribution is 0.574. The summed E-state index contributed by atoms with van der Waals surface area (Å²) < 4.78 is 0. The summed E-state index contributed by atoms with van der Waals surface area (Å²) in [5.74, 6) is 1.47. The van der Waals surface area contributed by atoms with Gasteiger partial charge >= 0.3 is 0 Å². The number of nitrogen functional groups attached to an aromatic ring is 1. The number of fused-ring (bicyclic) bond motifs is 1. The third-order valence-electron chi connectivity index (χ3n) is 4.42. The van der Waals surface area contributed by atoms with Crippen LogP contribution in [0.5, 0.6) is 0 Å². The number of nitrogens with zero attached hydrogens (tertiary/aromatic N) is 4. The Kier molecular flexibility index (Phi) is 3.86. The second-order valence-electron chi connectivity index (χ2n) is 6.01. The molecular formula is C18H20N6. The van der Waals surface area contributed by atoms with Crippen molar-refractivity contribution in [1.29, 1.82) is 0 Å². The molecule has 6 heteroatoms. The molecule has 1 aliphatic heterocycles. The maximum atomic E-state index is 6.36. The fourth-order valence-corrected chi connectivity index (χ4v) is 3.18. The minimum atomic E-state index is 0.597. The highest BCUT2D eigenvalue weighted by molar-refractivity contribution is 5.94. The minimum Gasteiger partial charge on any atom is -0.393 e. The van der Waals surface area contributed by atoms with Gasteiger partial charge in [-0.25, -0.2) is 9.97 Å². The van der Waals surface area contributed by atoms with Crippen molar-refractivity contribution in [3.63, 3.8) is 0 Å². The summed E-state index contributed by atoms with van der Waals surface area (Å²) in [5.41, 5.74) is 8.84. The van der Waals surface area contributed by atoms with Crippen LogP contribution >= 0.6 is 0 Å². The molecule has 0 bridgehead atoms. The molecule has 6 nitrogen and oxygen atoms in total. The Morgan fingerprint density at radius 2 is 1.83 bits per heavy atom. The molecule has 0 unspecified atom stereocenters. The fraction of sp³-hybridized carbons (Fsp3) is 0.278. The Labute approximate surface area is 140 Å². The number of nitrogens with one attached hydrogen (secondary N) is 1. The summed E-state index contributed by atoms with van der Waals surface area (Å²) in [6, 6.07) is 9.93. The Hall–Kier alpha value is -2.89. The molecule has 0 radical (unpaired) electrons. The van der Waals surface area contributed by atoms with Crippen molar-refractivity contribution in [1.82, 2.24) is 15.0 Å². The van der Waals surface area contributed by atoms with Crippen LogP contribution in [0.15, 0.2) is 42.9 Å². The lowest BCUT2D eigenvalue weighted by atomic mass is 10.1. The van der Waals surface area contributed by atoms with Crippen LogP contribution in [-0.2, 0) is 0 Å². The lowest BCUT2D eigenvalue weighted by Gasteiger charge is -2.29. The zero-order valence-corrected chi connectivity index (χ0v) is 13.4. The second-order valence-corrected chi connectivity index (χ2v) is 6.01. The Balaban J connectivity index is 1.69. The van der Waals surface area contributed by atoms with Crippen LogP contribution in [0.4, 0.5) is 23.0 Å². The highest BCUT2D eigenvalue weighted by Crippen LogP contribution is 2.32. The summed E-state index contributed by atoms with van der Waals surface area (Å²) >= 11 is 0. The van der Waals surface area contributed by atoms with Crippen molar-refractivity contribution < 1.29 is 0 Å². The quantitative estimate of drug-likeness (QED) is 0.770. The van der Waals surface area contributed by atoms with Gasteiger partial charge in [0, 0.05) is 30.4 Å². The number of benzene rings is 1. The summed E-state index contributed by atoms with van der Waals surface area (Å²) in [6.07, 6.45) is 7.00. The number of anilines is 4. The van der Waals surface area contributed by atoms with Crippen LogP contribution < -0.4 is 16.0 Å². The Bertz CT molecular complexity index is 852. The van der Waals surface area contributed by atoms with Crippen LogP contribution in [-0.4, -0.2) is 28.0 Å². The van der Waals surface area contributed by atoms with E-state index in [2.05, 4.69) is 25.2 Å². The van der Waals surface area contributed by atoms with E-state index >= 15 is 0 Å². The molecule has 122 valence electrons. The van der Waals surface area contributed by atoms with Gasteiger partial charge in [-0.1, -0.05) is 6.07 Å². The van der Waals surface area contributed by atoms with Crippen molar-refractivity contribution in [2.75, 3.05) is 29.0 Å². The van der Waals surface area contributed by atoms with E-state index in [1.807, 2.05) is 30.3 Å². The normalized spacial score (nSPS) is 14.8. The standard InChI is InChI=1S/C18H20N6/c19-16-17(21-12-22-18(16)24-10-2-1-3-11-24)23-15-8-4-7-14-13(15)6-5-9-20-14/h4-9,12H,1-3,10-11,19H2,(H,21,22,23). The van der Waals surface area contributed by atoms with Gasteiger partial charge in [-0.15, -0.1) is 0 Å². The highest BCUT2D eigenvalue weighted by atomic mass is 15.2. The SMILES string of the molecule is Nc1c(Nc2cccc3ncccc23)ncnc1N1CCCCC1. The Morgan fingerprint density at radius 1 is 0.958 bits per heavy atom. The van der Waals surface area contributed by atoms with Crippen molar-refractivity contribution in [3.05, 3.63) is 42.9 Å². The third-order valence-corrected chi connectivity index (χ3v) is 4.42. The average molecular weight is 320 g/mol. The molecule has 0 spiro atoms. The first-order valence-corrected chi connectivity index (χ1v) is 8.29. The largest absolute Gasteiger partial charge is 0.393 e. The minimum absolute atomic E-state index is 0.597. The monoisotopic (exact) mass is 320 g/mol. The molecule has 1 saturated heterocycles. The average Bonchev–Trinajstić information content (AvgIpc) is 2.64. The van der Waals surface area contributed by atoms with Crippen LogP contribution in [0.2, 0.25) is 0 Å². The van der Waals surface area contributed by atoms with Crippen LogP contribution in [0.1, 0.15) is 19.3 Å². The third kappa shape index (κ3) is 2.71. The fourth-order valence-electron chi connectivity index (χ4n) is 3.18. The molecule has 0 atom stereocenters. The zero-order valence-electron chi connectivity index (χ0n) is 13.4. The van der Waals surface area contributed by atoms with E-state index < -0.39 is 0 Å². The number of hydrogen-bond donors (Lipinski definition) is 2. The van der Waals surface area contributed by atoms with Gasteiger partial charge in [0.05, 0.1) is 5.52 Å². The molecule has 0 saturated carbocycles. The second kappa shape index (κ2) is 6.31. The first-order valence-electron chi connectivity index (χ1n) is 8.29. The first-order chi connectivity index (χ1) is 11.8. The number of piperidine rings is 1. The van der Waals surface area contributed by atoms with Crippen molar-refractivity contribution in [2.45, 2.75) is 19.3 Å². The first kappa shape index (κ1) is 14.7. The van der Waals surface area contributed by atoms with E-state index in [4.69, 9.17) is 5.73 Å². The maximum absolute atomic E-state index is 6.36. The number of hydrogen-bond acceptors (Lipinski definition) is 6. The van der Waals surface area contributed by atoms with Crippen LogP contribution in [0, 0.1) is 0 Å². The van der Waals surface area contributed by atoms with Gasteiger partial charge < -0.3 is 16.0 Å². The number of nitrogens with two attached hydrogens (primary N) is 1. The van der Waals surface area contributed by atoms with E-state index in [0.29, 0.717) is 11.5 Å². The predicted octanol–water partition coefficient (Wildman–Crippen LogP) is 3.34. The van der Waals surface area contributed by atoms with Crippen molar-refractivity contribution in [2.24, 2.45) is 0 Å². The predicted molar refractivity (Wildman–Crippen MR) is 97.5 cm³/mol. The molecule has 24 heavy (non-hydrogen) atoms. The molecule has 0 amide bonds. The van der Waals surface area contributed by atoms with E-state index in [0.717, 1.165) is 35.5 Å². The zero-order chi connectivity index (χ0) is 16.4. The molecule has 1 fully saturated rings. The van der Waals surface area contributed by atoms with Gasteiger partial charge in [-0.2, -0.15) is 0 Å². The van der Waals surface area contributed by atoms with Gasteiger partial charge in [0.15, 0.2) is 11.6 Å². The molecule has 2 aromatic heterocycles. The highest BCUT2D eigenvalue weighted by Gasteiger charge is 2.17. The van der Waals surface area contributed by atoms with Crippen molar-refractivity contribution >= 4 is 33.9 Å². The van der Waals surface area contributed by atoms with Gasteiger partial charge in [0.1, 0.15) is 12.0 Å². The smallest absolute Gasteiger partial charge is 0.159 e. The summed E-state index contributed by atoms with van der Waals surface area (Å²) in [5, 5.41) is 4.39. The van der Waals surface area contributed by atoms with Gasteiger partial charge in [0.25, 0.3) is 0 Å². The van der Waals surface area contributed by atoms with E-state index in [9.17, 15) is 0 Å². The molecule has 0 aliphatic carbocycles. The van der Waals surface area contributed by atoms with Gasteiger partial charge in [-0.3, -0.25) is 4.98 Å². The Morgan fingerprint density at radius 3 is 2.71 bits per heavy atom. The number of aromatic nitrogens is 3. The summed E-state index contributed by atoms with van der Waals surface area (Å²) in [6.45, 7) is 2.00. The van der Waals surface area contributed by atoms with Gasteiger partial charge in [0.2, 0.25) is 0 Å². The summed E-state index contributed by atoms with van der Waals surface area (Å²) in [4.78, 5) is 15.4. The number of pyridine rings is 1. The molecule has 4 rings (SSSR count). The van der Waals surface area contributed by atoms with Crippen LogP contribution in [0.3, 0.4) is 0 Å². The molecular weight excluding hydrogens is 300 g/mol. The van der Waals surface area contributed by atoms with E-state index in [-0.39, 0.29) is 0 Å².